The van der Waals surface area contributed by atoms with Crippen molar-refractivity contribution in [1.82, 2.24) is 0 Å². The molecule has 0 fully saturated rings. The van der Waals surface area contributed by atoms with Crippen molar-refractivity contribution in [2.24, 2.45) is 5.73 Å². The number of benzene rings is 1. The fourth-order valence-electron chi connectivity index (χ4n) is 1.66. The Kier molecular flexibility index (Phi) is 2.81. The maximum atomic E-state index is 11.7. The minimum Gasteiger partial charge on any atom is -0.368 e. The molecule has 0 aromatic heterocycles. The summed E-state index contributed by atoms with van der Waals surface area (Å²) in [6.07, 6.45) is 0. The van der Waals surface area contributed by atoms with E-state index in [2.05, 4.69) is 0 Å². The Morgan fingerprint density at radius 2 is 1.82 bits per heavy atom. The van der Waals surface area contributed by atoms with E-state index >= 15 is 0 Å². The van der Waals surface area contributed by atoms with Gasteiger partial charge in [-0.1, -0.05) is 23.2 Å². The molecule has 0 radical (unpaired) electrons. The molecular weight excluding hydrogens is 267 g/mol. The second-order valence-electron chi connectivity index (χ2n) is 3.44. The Morgan fingerprint density at radius 3 is 2.41 bits per heavy atom. The molecule has 0 bridgehead atoms. The second-order valence-corrected chi connectivity index (χ2v) is 4.25. The van der Waals surface area contributed by atoms with Crippen LogP contribution in [-0.2, 0) is 9.59 Å². The molecule has 0 atom stereocenters. The molecule has 2 N–H and O–H groups in total. The highest BCUT2D eigenvalue weighted by molar-refractivity contribution is 6.57. The quantitative estimate of drug-likeness (QED) is 0.816. The van der Waals surface area contributed by atoms with E-state index in [4.69, 9.17) is 28.9 Å². The zero-order valence-electron chi connectivity index (χ0n) is 8.37. The van der Waals surface area contributed by atoms with Gasteiger partial charge in [0, 0.05) is 0 Å². The number of primary amides is 1. The summed E-state index contributed by atoms with van der Waals surface area (Å²) in [4.78, 5) is 35.1. The van der Waals surface area contributed by atoms with E-state index in [-0.39, 0.29) is 21.3 Å². The molecule has 17 heavy (non-hydrogen) atoms. The van der Waals surface area contributed by atoms with Gasteiger partial charge in [0.2, 0.25) is 5.91 Å². The molecule has 2 rings (SSSR count). The highest BCUT2D eigenvalue weighted by Gasteiger charge is 2.39. The van der Waals surface area contributed by atoms with Crippen molar-refractivity contribution in [3.8, 4) is 0 Å². The molecule has 1 aromatic rings. The first-order valence-corrected chi connectivity index (χ1v) is 5.31. The summed E-state index contributed by atoms with van der Waals surface area (Å²) in [5.74, 6) is -2.38. The van der Waals surface area contributed by atoms with Gasteiger partial charge in [0.1, 0.15) is 6.54 Å². The predicted octanol–water partition coefficient (Wildman–Crippen LogP) is 1.01. The van der Waals surface area contributed by atoms with Crippen LogP contribution >= 0.6 is 23.2 Å². The van der Waals surface area contributed by atoms with Crippen LogP contribution in [0, 0.1) is 0 Å². The lowest BCUT2D eigenvalue weighted by molar-refractivity contribution is -0.119. The number of hydrogen-bond donors (Lipinski definition) is 1. The Balaban J connectivity index is 2.63. The molecule has 0 unspecified atom stereocenters. The molecule has 5 nitrogen and oxygen atoms in total. The molecule has 1 aromatic carbocycles. The number of amides is 2. The second kappa shape index (κ2) is 4.01. The number of rotatable bonds is 2. The molecular formula is C10H6Cl2N2O3. The van der Waals surface area contributed by atoms with Crippen LogP contribution in [0.4, 0.5) is 5.69 Å². The van der Waals surface area contributed by atoms with Gasteiger partial charge in [-0.2, -0.15) is 0 Å². The van der Waals surface area contributed by atoms with Crippen molar-refractivity contribution in [2.45, 2.75) is 0 Å². The van der Waals surface area contributed by atoms with E-state index in [0.717, 1.165) is 4.90 Å². The van der Waals surface area contributed by atoms with Gasteiger partial charge >= 0.3 is 0 Å². The van der Waals surface area contributed by atoms with Gasteiger partial charge in [-0.05, 0) is 12.1 Å². The third-order valence-corrected chi connectivity index (χ3v) is 2.95. The average molecular weight is 273 g/mol. The van der Waals surface area contributed by atoms with Crippen LogP contribution in [0.2, 0.25) is 10.0 Å². The largest absolute Gasteiger partial charge is 0.368 e. The Labute approximate surface area is 106 Å². The number of ketones is 1. The lowest BCUT2D eigenvalue weighted by atomic mass is 10.1. The standard InChI is InChI=1S/C10H6Cl2N2O3/c11-4-1-2-5(12)8-7(4)9(16)10(17)14(8)3-6(13)15/h1-2H,3H2,(H2,13,15). The van der Waals surface area contributed by atoms with Crippen LogP contribution in [0.5, 0.6) is 0 Å². The number of halogens is 2. The molecule has 1 aliphatic heterocycles. The van der Waals surface area contributed by atoms with Gasteiger partial charge < -0.3 is 5.73 Å². The molecule has 0 spiro atoms. The predicted molar refractivity (Wildman–Crippen MR) is 62.3 cm³/mol. The summed E-state index contributed by atoms with van der Waals surface area (Å²) in [6.45, 7) is -0.405. The van der Waals surface area contributed by atoms with E-state index in [1.54, 1.807) is 0 Å². The number of anilines is 1. The van der Waals surface area contributed by atoms with Crippen molar-refractivity contribution in [2.75, 3.05) is 11.4 Å². The van der Waals surface area contributed by atoms with Crippen LogP contribution in [0.25, 0.3) is 0 Å². The van der Waals surface area contributed by atoms with Gasteiger partial charge in [-0.15, -0.1) is 0 Å². The molecule has 1 aliphatic rings. The summed E-state index contributed by atoms with van der Waals surface area (Å²) >= 11 is 11.7. The number of carbonyl (C=O) groups excluding carboxylic acids is 3. The van der Waals surface area contributed by atoms with E-state index in [1.807, 2.05) is 0 Å². The zero-order valence-corrected chi connectivity index (χ0v) is 9.88. The maximum Gasteiger partial charge on any atom is 0.300 e. The SMILES string of the molecule is NC(=O)CN1C(=O)C(=O)c2c(Cl)ccc(Cl)c21. The van der Waals surface area contributed by atoms with Crippen LogP contribution < -0.4 is 10.6 Å². The first kappa shape index (κ1) is 11.9. The normalized spacial score (nSPS) is 14.1. The number of nitrogens with two attached hydrogens (primary N) is 1. The Hall–Kier alpha value is -1.59. The molecule has 1 heterocycles. The van der Waals surface area contributed by atoms with E-state index in [0.29, 0.717) is 0 Å². The molecule has 88 valence electrons. The zero-order chi connectivity index (χ0) is 12.7. The molecule has 2 amide bonds. The van der Waals surface area contributed by atoms with E-state index in [9.17, 15) is 14.4 Å². The summed E-state index contributed by atoms with van der Waals surface area (Å²) in [6, 6.07) is 2.87. The lowest BCUT2D eigenvalue weighted by Gasteiger charge is -2.15. The monoisotopic (exact) mass is 272 g/mol. The maximum absolute atomic E-state index is 11.7. The van der Waals surface area contributed by atoms with Crippen LogP contribution in [0.1, 0.15) is 10.4 Å². The number of hydrogen-bond acceptors (Lipinski definition) is 3. The molecule has 0 aliphatic carbocycles. The fraction of sp³-hybridized carbons (Fsp3) is 0.100. The third kappa shape index (κ3) is 1.77. The smallest absolute Gasteiger partial charge is 0.300 e. The highest BCUT2D eigenvalue weighted by atomic mass is 35.5. The van der Waals surface area contributed by atoms with Crippen molar-refractivity contribution in [3.05, 3.63) is 27.7 Å². The third-order valence-electron chi connectivity index (χ3n) is 2.33. The van der Waals surface area contributed by atoms with Crippen LogP contribution in [0.3, 0.4) is 0 Å². The van der Waals surface area contributed by atoms with Gasteiger partial charge in [0.15, 0.2) is 0 Å². The van der Waals surface area contributed by atoms with Gasteiger partial charge in [-0.25, -0.2) is 0 Å². The fourth-order valence-corrected chi connectivity index (χ4v) is 2.16. The van der Waals surface area contributed by atoms with E-state index in [1.165, 1.54) is 12.1 Å². The average Bonchev–Trinajstić information content (AvgIpc) is 2.49. The lowest BCUT2D eigenvalue weighted by Crippen LogP contribution is -2.37. The first-order chi connectivity index (χ1) is 7.93. The van der Waals surface area contributed by atoms with Crippen LogP contribution in [-0.4, -0.2) is 24.1 Å². The summed E-state index contributed by atoms with van der Waals surface area (Å²) in [5, 5.41) is 0.291. The topological polar surface area (TPSA) is 80.5 Å². The number of carbonyl (C=O) groups is 3. The Bertz CT molecular complexity index is 557. The van der Waals surface area contributed by atoms with Gasteiger partial charge in [0.25, 0.3) is 11.7 Å². The van der Waals surface area contributed by atoms with Crippen molar-refractivity contribution < 1.29 is 14.4 Å². The summed E-state index contributed by atoms with van der Waals surface area (Å²) in [5.41, 5.74) is 5.17. The van der Waals surface area contributed by atoms with E-state index < -0.39 is 24.1 Å². The summed E-state index contributed by atoms with van der Waals surface area (Å²) in [7, 11) is 0. The van der Waals surface area contributed by atoms with Crippen molar-refractivity contribution in [3.63, 3.8) is 0 Å². The highest BCUT2D eigenvalue weighted by Crippen LogP contribution is 2.39. The number of nitrogens with zero attached hydrogens (tertiary/aromatic N) is 1. The molecule has 0 saturated carbocycles. The molecule has 0 saturated heterocycles. The number of fused-ring (bicyclic) bond motifs is 1. The van der Waals surface area contributed by atoms with Gasteiger partial charge in [0.05, 0.1) is 21.3 Å². The van der Waals surface area contributed by atoms with Crippen molar-refractivity contribution >= 4 is 46.5 Å². The van der Waals surface area contributed by atoms with Gasteiger partial charge in [-0.3, -0.25) is 19.3 Å². The Morgan fingerprint density at radius 1 is 1.24 bits per heavy atom. The van der Waals surface area contributed by atoms with Crippen LogP contribution in [0.15, 0.2) is 12.1 Å². The summed E-state index contributed by atoms with van der Waals surface area (Å²) < 4.78 is 0. The number of Topliss-reactive ketones (excluding diaryl/α,β-unsaturated/α-hetero) is 1. The molecule has 7 heteroatoms. The first-order valence-electron chi connectivity index (χ1n) is 4.56. The van der Waals surface area contributed by atoms with Crippen molar-refractivity contribution in [1.29, 1.82) is 0 Å². The minimum absolute atomic E-state index is 0.0189. The minimum atomic E-state index is -0.853.